The van der Waals surface area contributed by atoms with Gasteiger partial charge in [-0.3, -0.25) is 4.98 Å². The molecule has 0 bridgehead atoms. The second kappa shape index (κ2) is 5.59. The molecule has 22 heavy (non-hydrogen) atoms. The van der Waals surface area contributed by atoms with E-state index in [0.29, 0.717) is 0 Å². The van der Waals surface area contributed by atoms with Gasteiger partial charge in [-0.15, -0.1) is 0 Å². The van der Waals surface area contributed by atoms with Gasteiger partial charge in [-0.25, -0.2) is 9.97 Å². The molecule has 0 radical (unpaired) electrons. The highest BCUT2D eigenvalue weighted by atomic mass is 19.4. The third kappa shape index (κ3) is 2.98. The van der Waals surface area contributed by atoms with Gasteiger partial charge < -0.3 is 5.32 Å². The quantitative estimate of drug-likeness (QED) is 0.802. The summed E-state index contributed by atoms with van der Waals surface area (Å²) in [6.07, 6.45) is -1.75. The minimum absolute atomic E-state index is 0.0791. The van der Waals surface area contributed by atoms with E-state index in [0.717, 1.165) is 28.7 Å². The number of nitrogens with zero attached hydrogens (tertiary/aromatic N) is 3. The van der Waals surface area contributed by atoms with Gasteiger partial charge in [0.25, 0.3) is 0 Å². The maximum absolute atomic E-state index is 12.6. The summed E-state index contributed by atoms with van der Waals surface area (Å²) in [5.41, 5.74) is -0.255. The molecular weight excluding hydrogens is 293 g/mol. The van der Waals surface area contributed by atoms with Gasteiger partial charge >= 0.3 is 6.18 Å². The largest absolute Gasteiger partial charge is 0.433 e. The molecule has 0 aliphatic carbocycles. The van der Waals surface area contributed by atoms with Crippen molar-refractivity contribution in [3.8, 4) is 0 Å². The summed E-state index contributed by atoms with van der Waals surface area (Å²) in [5.74, 6) is -0.0791. The van der Waals surface area contributed by atoms with Crippen molar-refractivity contribution < 1.29 is 13.2 Å². The lowest BCUT2D eigenvalue weighted by Crippen LogP contribution is -2.12. The fraction of sp³-hybridized carbons (Fsp3) is 0.133. The van der Waals surface area contributed by atoms with Crippen LogP contribution >= 0.6 is 0 Å². The molecule has 7 heteroatoms. The molecule has 1 aromatic carbocycles. The van der Waals surface area contributed by atoms with Gasteiger partial charge in [-0.1, -0.05) is 24.3 Å². The first-order valence-electron chi connectivity index (χ1n) is 6.51. The molecule has 2 heterocycles. The molecule has 0 aliphatic rings. The van der Waals surface area contributed by atoms with Crippen LogP contribution in [0.2, 0.25) is 0 Å². The highest BCUT2D eigenvalue weighted by molar-refractivity contribution is 5.84. The second-order valence-electron chi connectivity index (χ2n) is 4.60. The van der Waals surface area contributed by atoms with Gasteiger partial charge in [0.05, 0.1) is 12.2 Å². The zero-order valence-electron chi connectivity index (χ0n) is 11.3. The molecule has 0 saturated carbocycles. The lowest BCUT2D eigenvalue weighted by atomic mass is 10.1. The first-order valence-corrected chi connectivity index (χ1v) is 6.51. The Hall–Kier alpha value is -2.70. The Labute approximate surface area is 124 Å². The number of anilines is 1. The zero-order valence-corrected chi connectivity index (χ0v) is 11.3. The molecule has 0 spiro atoms. The summed E-state index contributed by atoms with van der Waals surface area (Å²) >= 11 is 0. The number of hydrogen-bond acceptors (Lipinski definition) is 4. The molecule has 0 fully saturated rings. The Morgan fingerprint density at radius 2 is 1.73 bits per heavy atom. The van der Waals surface area contributed by atoms with Crippen LogP contribution in [0.25, 0.3) is 10.8 Å². The van der Waals surface area contributed by atoms with Crippen molar-refractivity contribution in [1.82, 2.24) is 15.0 Å². The molecule has 3 aromatic rings. The highest BCUT2D eigenvalue weighted by Crippen LogP contribution is 2.27. The fourth-order valence-corrected chi connectivity index (χ4v) is 2.09. The van der Waals surface area contributed by atoms with E-state index in [4.69, 9.17) is 0 Å². The number of halogens is 3. The third-order valence-electron chi connectivity index (χ3n) is 3.12. The molecule has 112 valence electrons. The average Bonchev–Trinajstić information content (AvgIpc) is 2.52. The predicted octanol–water partition coefficient (Wildman–Crippen LogP) is 3.66. The standard InChI is InChI=1S/C15H11F3N4/c16-15(17,18)13-6-8-20-14(22-13)21-9-12-11-4-2-1-3-10(11)5-7-19-12/h1-8H,9H2,(H,20,21,22). The lowest BCUT2D eigenvalue weighted by molar-refractivity contribution is -0.141. The summed E-state index contributed by atoms with van der Waals surface area (Å²) in [4.78, 5) is 11.5. The smallest absolute Gasteiger partial charge is 0.349 e. The van der Waals surface area contributed by atoms with Crippen molar-refractivity contribution in [2.45, 2.75) is 12.7 Å². The van der Waals surface area contributed by atoms with Crippen LogP contribution in [0.3, 0.4) is 0 Å². The van der Waals surface area contributed by atoms with E-state index in [1.165, 1.54) is 0 Å². The number of rotatable bonds is 3. The van der Waals surface area contributed by atoms with E-state index in [1.54, 1.807) is 6.20 Å². The van der Waals surface area contributed by atoms with E-state index in [2.05, 4.69) is 20.3 Å². The van der Waals surface area contributed by atoms with Gasteiger partial charge in [-0.2, -0.15) is 13.2 Å². The number of hydrogen-bond donors (Lipinski definition) is 1. The van der Waals surface area contributed by atoms with Crippen molar-refractivity contribution in [2.75, 3.05) is 5.32 Å². The fourth-order valence-electron chi connectivity index (χ4n) is 2.09. The number of nitrogens with one attached hydrogen (secondary N) is 1. The highest BCUT2D eigenvalue weighted by Gasteiger charge is 2.32. The predicted molar refractivity (Wildman–Crippen MR) is 76.1 cm³/mol. The maximum Gasteiger partial charge on any atom is 0.433 e. The topological polar surface area (TPSA) is 50.7 Å². The van der Waals surface area contributed by atoms with E-state index >= 15 is 0 Å². The maximum atomic E-state index is 12.6. The van der Waals surface area contributed by atoms with Gasteiger partial charge in [0.1, 0.15) is 5.69 Å². The molecular formula is C15H11F3N4. The van der Waals surface area contributed by atoms with E-state index < -0.39 is 11.9 Å². The van der Waals surface area contributed by atoms with E-state index in [-0.39, 0.29) is 12.5 Å². The molecule has 3 rings (SSSR count). The molecule has 0 amide bonds. The van der Waals surface area contributed by atoms with Crippen LogP contribution in [0, 0.1) is 0 Å². The molecule has 0 saturated heterocycles. The average molecular weight is 304 g/mol. The Morgan fingerprint density at radius 1 is 0.955 bits per heavy atom. The SMILES string of the molecule is FC(F)(F)c1ccnc(NCc2nccc3ccccc23)n1. The first kappa shape index (κ1) is 14.2. The number of fused-ring (bicyclic) bond motifs is 1. The Kier molecular flexibility index (Phi) is 3.62. The summed E-state index contributed by atoms with van der Waals surface area (Å²) in [7, 11) is 0. The lowest BCUT2D eigenvalue weighted by Gasteiger charge is -2.09. The number of alkyl halides is 3. The monoisotopic (exact) mass is 304 g/mol. The summed E-state index contributed by atoms with van der Waals surface area (Å²) in [5, 5.41) is 4.73. The van der Waals surface area contributed by atoms with E-state index in [1.807, 2.05) is 30.3 Å². The summed E-state index contributed by atoms with van der Waals surface area (Å²) < 4.78 is 37.8. The summed E-state index contributed by atoms with van der Waals surface area (Å²) in [6.45, 7) is 0.239. The molecule has 4 nitrogen and oxygen atoms in total. The third-order valence-corrected chi connectivity index (χ3v) is 3.12. The Bertz CT molecular complexity index is 797. The van der Waals surface area contributed by atoms with Crippen molar-refractivity contribution >= 4 is 16.7 Å². The number of pyridine rings is 1. The van der Waals surface area contributed by atoms with E-state index in [9.17, 15) is 13.2 Å². The zero-order chi connectivity index (χ0) is 15.6. The molecule has 1 N–H and O–H groups in total. The summed E-state index contributed by atoms with van der Waals surface area (Å²) in [6, 6.07) is 10.4. The van der Waals surface area contributed by atoms with Crippen molar-refractivity contribution in [1.29, 1.82) is 0 Å². The first-order chi connectivity index (χ1) is 10.5. The van der Waals surface area contributed by atoms with Crippen molar-refractivity contribution in [2.24, 2.45) is 0 Å². The van der Waals surface area contributed by atoms with Gasteiger partial charge in [0, 0.05) is 17.8 Å². The van der Waals surface area contributed by atoms with Gasteiger partial charge in [-0.05, 0) is 17.5 Å². The second-order valence-corrected chi connectivity index (χ2v) is 4.60. The Balaban J connectivity index is 1.83. The minimum Gasteiger partial charge on any atom is -0.349 e. The molecule has 0 unspecified atom stereocenters. The minimum atomic E-state index is -4.49. The van der Waals surface area contributed by atoms with Crippen LogP contribution in [0.5, 0.6) is 0 Å². The number of benzene rings is 1. The molecule has 2 aromatic heterocycles. The van der Waals surface area contributed by atoms with Crippen LogP contribution < -0.4 is 5.32 Å². The van der Waals surface area contributed by atoms with Crippen LogP contribution in [0.15, 0.2) is 48.8 Å². The van der Waals surface area contributed by atoms with Crippen LogP contribution in [0.1, 0.15) is 11.4 Å². The van der Waals surface area contributed by atoms with Crippen LogP contribution in [0.4, 0.5) is 19.1 Å². The van der Waals surface area contributed by atoms with Gasteiger partial charge in [0.15, 0.2) is 0 Å². The van der Waals surface area contributed by atoms with Gasteiger partial charge in [0.2, 0.25) is 5.95 Å². The van der Waals surface area contributed by atoms with Crippen molar-refractivity contribution in [3.63, 3.8) is 0 Å². The number of aromatic nitrogens is 3. The normalized spacial score (nSPS) is 11.6. The van der Waals surface area contributed by atoms with Crippen molar-refractivity contribution in [3.05, 3.63) is 60.2 Å². The van der Waals surface area contributed by atoms with Crippen LogP contribution in [-0.2, 0) is 12.7 Å². The Morgan fingerprint density at radius 3 is 2.55 bits per heavy atom. The molecule has 0 atom stereocenters. The molecule has 0 aliphatic heterocycles. The van der Waals surface area contributed by atoms with Crippen LogP contribution in [-0.4, -0.2) is 15.0 Å².